The zero-order valence-electron chi connectivity index (χ0n) is 11.4. The van der Waals surface area contributed by atoms with Crippen molar-refractivity contribution in [2.45, 2.75) is 19.4 Å². The quantitative estimate of drug-likeness (QED) is 0.706. The highest BCUT2D eigenvalue weighted by atomic mass is 16.3. The number of carbonyl (C=O) groups is 1. The fourth-order valence-electron chi connectivity index (χ4n) is 2.03. The Hall–Kier alpha value is -1.65. The lowest BCUT2D eigenvalue weighted by atomic mass is 9.92. The van der Waals surface area contributed by atoms with Gasteiger partial charge >= 0.3 is 0 Å². The third-order valence-corrected chi connectivity index (χ3v) is 3.66. The molecule has 0 bridgehead atoms. The summed E-state index contributed by atoms with van der Waals surface area (Å²) in [4.78, 5) is 12.2. The van der Waals surface area contributed by atoms with Gasteiger partial charge in [0.05, 0.1) is 12.1 Å². The summed E-state index contributed by atoms with van der Waals surface area (Å²) in [6.07, 6.45) is 0. The normalized spacial score (nSPS) is 17.3. The minimum absolute atomic E-state index is 0.114. The first kappa shape index (κ1) is 13.8. The fraction of sp³-hybridized carbons (Fsp3) is 0.400. The van der Waals surface area contributed by atoms with Crippen LogP contribution in [-0.4, -0.2) is 30.7 Å². The van der Waals surface area contributed by atoms with E-state index in [2.05, 4.69) is 10.6 Å². The molecule has 102 valence electrons. The first-order chi connectivity index (χ1) is 9.07. The number of rotatable bonds is 4. The molecule has 1 aliphatic rings. The van der Waals surface area contributed by atoms with Crippen LogP contribution >= 0.6 is 0 Å². The Morgan fingerprint density at radius 1 is 1.37 bits per heavy atom. The van der Waals surface area contributed by atoms with Crippen molar-refractivity contribution in [1.82, 2.24) is 10.6 Å². The maximum Gasteiger partial charge on any atom is 0.247 e. The molecule has 1 aromatic rings. The van der Waals surface area contributed by atoms with E-state index in [0.717, 1.165) is 29.8 Å². The summed E-state index contributed by atoms with van der Waals surface area (Å²) >= 11 is 0. The fourth-order valence-corrected chi connectivity index (χ4v) is 2.03. The SMILES string of the molecule is CC(C(=O)NC(C)(CO)c1ccccc1)=C1CNC1. The summed E-state index contributed by atoms with van der Waals surface area (Å²) in [5.41, 5.74) is 2.02. The van der Waals surface area contributed by atoms with Gasteiger partial charge in [0.2, 0.25) is 5.91 Å². The monoisotopic (exact) mass is 260 g/mol. The van der Waals surface area contributed by atoms with Crippen molar-refractivity contribution in [2.75, 3.05) is 19.7 Å². The van der Waals surface area contributed by atoms with Crippen LogP contribution in [0.1, 0.15) is 19.4 Å². The number of amides is 1. The van der Waals surface area contributed by atoms with Crippen molar-refractivity contribution < 1.29 is 9.90 Å². The van der Waals surface area contributed by atoms with Gasteiger partial charge in [0.15, 0.2) is 0 Å². The van der Waals surface area contributed by atoms with Gasteiger partial charge in [-0.15, -0.1) is 0 Å². The smallest absolute Gasteiger partial charge is 0.247 e. The molecule has 4 heteroatoms. The zero-order valence-corrected chi connectivity index (χ0v) is 11.4. The molecule has 1 atom stereocenters. The minimum Gasteiger partial charge on any atom is -0.394 e. The summed E-state index contributed by atoms with van der Waals surface area (Å²) in [6.45, 7) is 5.08. The van der Waals surface area contributed by atoms with E-state index >= 15 is 0 Å². The highest BCUT2D eigenvalue weighted by Gasteiger charge is 2.29. The first-order valence-corrected chi connectivity index (χ1v) is 6.45. The Morgan fingerprint density at radius 2 is 2.00 bits per heavy atom. The van der Waals surface area contributed by atoms with Crippen LogP contribution in [0.4, 0.5) is 0 Å². The number of hydrogen-bond donors (Lipinski definition) is 3. The van der Waals surface area contributed by atoms with Crippen molar-refractivity contribution in [2.24, 2.45) is 0 Å². The molecule has 0 saturated carbocycles. The molecule has 4 nitrogen and oxygen atoms in total. The summed E-state index contributed by atoms with van der Waals surface area (Å²) in [5, 5.41) is 15.7. The predicted molar refractivity (Wildman–Crippen MR) is 74.6 cm³/mol. The third kappa shape index (κ3) is 2.85. The molecule has 1 amide bonds. The van der Waals surface area contributed by atoms with E-state index in [1.807, 2.05) is 44.2 Å². The standard InChI is InChI=1S/C15H20N2O2/c1-11(12-8-16-9-12)14(19)17-15(2,10-18)13-6-4-3-5-7-13/h3-7,16,18H,8-10H2,1-2H3,(H,17,19). The van der Waals surface area contributed by atoms with E-state index < -0.39 is 5.54 Å². The van der Waals surface area contributed by atoms with Crippen molar-refractivity contribution in [3.05, 3.63) is 47.0 Å². The van der Waals surface area contributed by atoms with E-state index in [9.17, 15) is 9.90 Å². The molecule has 1 aromatic carbocycles. The van der Waals surface area contributed by atoms with Crippen LogP contribution in [0.25, 0.3) is 0 Å². The van der Waals surface area contributed by atoms with Gasteiger partial charge < -0.3 is 15.7 Å². The average molecular weight is 260 g/mol. The number of aliphatic hydroxyl groups is 1. The van der Waals surface area contributed by atoms with Crippen molar-refractivity contribution in [3.63, 3.8) is 0 Å². The third-order valence-electron chi connectivity index (χ3n) is 3.66. The highest BCUT2D eigenvalue weighted by molar-refractivity contribution is 5.94. The van der Waals surface area contributed by atoms with Gasteiger partial charge in [-0.2, -0.15) is 0 Å². The summed E-state index contributed by atoms with van der Waals surface area (Å²) in [6, 6.07) is 9.53. The molecule has 1 saturated heterocycles. The van der Waals surface area contributed by atoms with Gasteiger partial charge in [-0.1, -0.05) is 30.3 Å². The van der Waals surface area contributed by atoms with Crippen LogP contribution in [0.3, 0.4) is 0 Å². The summed E-state index contributed by atoms with van der Waals surface area (Å²) in [5.74, 6) is -0.114. The highest BCUT2D eigenvalue weighted by Crippen LogP contribution is 2.21. The molecule has 2 rings (SSSR count). The van der Waals surface area contributed by atoms with Crippen LogP contribution in [0, 0.1) is 0 Å². The number of hydrogen-bond acceptors (Lipinski definition) is 3. The lowest BCUT2D eigenvalue weighted by Crippen LogP contribution is -2.47. The molecule has 1 heterocycles. The van der Waals surface area contributed by atoms with E-state index in [-0.39, 0.29) is 12.5 Å². The lowest BCUT2D eigenvalue weighted by molar-refractivity contribution is -0.119. The van der Waals surface area contributed by atoms with Gasteiger partial charge in [0.25, 0.3) is 0 Å². The van der Waals surface area contributed by atoms with E-state index in [0.29, 0.717) is 0 Å². The molecule has 1 unspecified atom stereocenters. The molecule has 1 aliphatic heterocycles. The van der Waals surface area contributed by atoms with E-state index in [1.54, 1.807) is 0 Å². The van der Waals surface area contributed by atoms with E-state index in [1.165, 1.54) is 0 Å². The minimum atomic E-state index is -0.753. The zero-order chi connectivity index (χ0) is 13.9. The van der Waals surface area contributed by atoms with Gasteiger partial charge in [-0.05, 0) is 25.0 Å². The topological polar surface area (TPSA) is 61.4 Å². The largest absolute Gasteiger partial charge is 0.394 e. The molecule has 0 radical (unpaired) electrons. The van der Waals surface area contributed by atoms with E-state index in [4.69, 9.17) is 0 Å². The van der Waals surface area contributed by atoms with Gasteiger partial charge in [0.1, 0.15) is 0 Å². The Bertz CT molecular complexity index is 490. The summed E-state index contributed by atoms with van der Waals surface area (Å²) < 4.78 is 0. The van der Waals surface area contributed by atoms with Crippen LogP contribution < -0.4 is 10.6 Å². The Labute approximate surface area is 113 Å². The first-order valence-electron chi connectivity index (χ1n) is 6.45. The number of nitrogens with one attached hydrogen (secondary N) is 2. The number of carbonyl (C=O) groups excluding carboxylic acids is 1. The average Bonchev–Trinajstić information content (AvgIpc) is 2.37. The second-order valence-electron chi connectivity index (χ2n) is 5.14. The molecule has 1 fully saturated rings. The molecule has 19 heavy (non-hydrogen) atoms. The van der Waals surface area contributed by atoms with Crippen molar-refractivity contribution in [1.29, 1.82) is 0 Å². The van der Waals surface area contributed by atoms with Crippen molar-refractivity contribution in [3.8, 4) is 0 Å². The van der Waals surface area contributed by atoms with Crippen LogP contribution in [0.15, 0.2) is 41.5 Å². The molecule has 3 N–H and O–H groups in total. The molecular weight excluding hydrogens is 240 g/mol. The van der Waals surface area contributed by atoms with Crippen LogP contribution in [0.2, 0.25) is 0 Å². The van der Waals surface area contributed by atoms with Crippen LogP contribution in [-0.2, 0) is 10.3 Å². The molecule has 0 spiro atoms. The van der Waals surface area contributed by atoms with Crippen molar-refractivity contribution >= 4 is 5.91 Å². The maximum atomic E-state index is 12.2. The second-order valence-corrected chi connectivity index (χ2v) is 5.14. The lowest BCUT2D eigenvalue weighted by Gasteiger charge is -2.30. The summed E-state index contributed by atoms with van der Waals surface area (Å²) in [7, 11) is 0. The number of benzene rings is 1. The van der Waals surface area contributed by atoms with Gasteiger partial charge in [-0.3, -0.25) is 4.79 Å². The second kappa shape index (κ2) is 5.55. The molecular formula is C15H20N2O2. The molecule has 0 aliphatic carbocycles. The maximum absolute atomic E-state index is 12.2. The predicted octanol–water partition coefficient (Wildman–Crippen LogP) is 0.930. The Kier molecular flexibility index (Phi) is 4.02. The van der Waals surface area contributed by atoms with Gasteiger partial charge in [0, 0.05) is 18.7 Å². The van der Waals surface area contributed by atoms with Crippen LogP contribution in [0.5, 0.6) is 0 Å². The Morgan fingerprint density at radius 3 is 2.47 bits per heavy atom. The molecule has 0 aromatic heterocycles. The Balaban J connectivity index is 2.17. The number of aliphatic hydroxyl groups excluding tert-OH is 1. The van der Waals surface area contributed by atoms with Gasteiger partial charge in [-0.25, -0.2) is 0 Å².